The predicted molar refractivity (Wildman–Crippen MR) is 118 cm³/mol. The zero-order valence-electron chi connectivity index (χ0n) is 18.7. The number of carbonyl (C=O) groups excluding carboxylic acids is 2. The van der Waals surface area contributed by atoms with Crippen molar-refractivity contribution in [3.63, 3.8) is 0 Å². The molecule has 2 unspecified atom stereocenters. The van der Waals surface area contributed by atoms with Crippen LogP contribution in [0.25, 0.3) is 11.4 Å². The lowest BCUT2D eigenvalue weighted by Crippen LogP contribution is -2.46. The van der Waals surface area contributed by atoms with Gasteiger partial charge in [-0.3, -0.25) is 0 Å². The monoisotopic (exact) mass is 475 g/mol. The van der Waals surface area contributed by atoms with Gasteiger partial charge in [-0.05, 0) is 5.56 Å². The second-order valence-corrected chi connectivity index (χ2v) is 6.86. The molecule has 0 fully saturated rings. The van der Waals surface area contributed by atoms with E-state index in [2.05, 4.69) is 28.1 Å². The number of nitrogen functional groups attached to an aromatic ring is 2. The number of aliphatic hydroxyl groups is 2. The first-order valence-electron chi connectivity index (χ1n) is 9.56. The Morgan fingerprint density at radius 2 is 1.65 bits per heavy atom. The molecule has 0 spiro atoms. The number of nitrogens with zero attached hydrogens (tertiary/aromatic N) is 3. The molecule has 0 saturated carbocycles. The van der Waals surface area contributed by atoms with E-state index in [1.807, 2.05) is 0 Å². The third kappa shape index (κ3) is 5.52. The van der Waals surface area contributed by atoms with Crippen LogP contribution in [-0.2, 0) is 28.5 Å². The molecular weight excluding hydrogens is 450 g/mol. The maximum atomic E-state index is 12.7. The fourth-order valence-corrected chi connectivity index (χ4v) is 2.83. The molecule has 0 amide bonds. The van der Waals surface area contributed by atoms with Gasteiger partial charge in [0.2, 0.25) is 11.9 Å². The molecule has 0 aliphatic heterocycles. The molecule has 0 bridgehead atoms. The van der Waals surface area contributed by atoms with Gasteiger partial charge >= 0.3 is 17.9 Å². The maximum Gasteiger partial charge on any atom is 0.345 e. The van der Waals surface area contributed by atoms with Crippen LogP contribution in [-0.4, -0.2) is 63.1 Å². The van der Waals surface area contributed by atoms with Crippen LogP contribution in [0, 0.1) is 0 Å². The summed E-state index contributed by atoms with van der Waals surface area (Å²) in [5, 5.41) is 21.5. The summed E-state index contributed by atoms with van der Waals surface area (Å²) >= 11 is 0. The lowest BCUT2D eigenvalue weighted by Gasteiger charge is -2.35. The molecule has 182 valence electrons. The molecule has 0 radical (unpaired) electrons. The smallest absolute Gasteiger partial charge is 0.345 e. The Morgan fingerprint density at radius 1 is 1.09 bits per heavy atom. The SMILES string of the molecule is C=CC(=O)OC(C)(OC(=O)C(=C)C(O)(OC)OC)C(O)c1ccccc1-c1nc(N)nc(N)n1. The first-order valence-corrected chi connectivity index (χ1v) is 9.56. The second kappa shape index (κ2) is 10.4. The highest BCUT2D eigenvalue weighted by Crippen LogP contribution is 2.37. The van der Waals surface area contributed by atoms with Crippen molar-refractivity contribution in [3.05, 3.63) is 54.6 Å². The number of carbonyl (C=O) groups is 2. The molecule has 2 aromatic rings. The Balaban J connectivity index is 2.55. The van der Waals surface area contributed by atoms with E-state index in [1.165, 1.54) is 12.1 Å². The molecule has 1 aromatic heterocycles. The van der Waals surface area contributed by atoms with Crippen LogP contribution in [0.4, 0.5) is 11.9 Å². The van der Waals surface area contributed by atoms with Gasteiger partial charge in [0.15, 0.2) is 11.9 Å². The molecule has 6 N–H and O–H groups in total. The van der Waals surface area contributed by atoms with Crippen molar-refractivity contribution in [2.45, 2.75) is 24.8 Å². The van der Waals surface area contributed by atoms with E-state index in [9.17, 15) is 19.8 Å². The van der Waals surface area contributed by atoms with E-state index in [0.29, 0.717) is 0 Å². The fraction of sp³-hybridized carbons (Fsp3) is 0.286. The quantitative estimate of drug-likeness (QED) is 0.207. The van der Waals surface area contributed by atoms with E-state index < -0.39 is 35.4 Å². The van der Waals surface area contributed by atoms with Crippen molar-refractivity contribution < 1.29 is 38.7 Å². The highest BCUT2D eigenvalue weighted by atomic mass is 16.8. The molecule has 0 aliphatic carbocycles. The van der Waals surface area contributed by atoms with Gasteiger partial charge in [-0.1, -0.05) is 37.4 Å². The van der Waals surface area contributed by atoms with Crippen molar-refractivity contribution in [1.29, 1.82) is 0 Å². The minimum Gasteiger partial charge on any atom is -0.416 e. The van der Waals surface area contributed by atoms with Crippen molar-refractivity contribution in [2.75, 3.05) is 25.7 Å². The summed E-state index contributed by atoms with van der Waals surface area (Å²) in [6.45, 7) is 7.80. The molecule has 2 atom stereocenters. The van der Waals surface area contributed by atoms with E-state index in [-0.39, 0.29) is 28.8 Å². The van der Waals surface area contributed by atoms with Crippen LogP contribution in [0.1, 0.15) is 18.6 Å². The topological polar surface area (TPSA) is 202 Å². The lowest BCUT2D eigenvalue weighted by atomic mass is 9.96. The fourth-order valence-electron chi connectivity index (χ4n) is 2.83. The number of hydrogen-bond donors (Lipinski definition) is 4. The van der Waals surface area contributed by atoms with Gasteiger partial charge in [0.25, 0.3) is 5.79 Å². The van der Waals surface area contributed by atoms with Crippen molar-refractivity contribution in [3.8, 4) is 11.4 Å². The average molecular weight is 475 g/mol. The Morgan fingerprint density at radius 3 is 2.18 bits per heavy atom. The summed E-state index contributed by atoms with van der Waals surface area (Å²) in [6, 6.07) is 6.14. The third-order valence-corrected chi connectivity index (χ3v) is 4.61. The zero-order chi connectivity index (χ0) is 25.7. The Labute approximate surface area is 194 Å². The third-order valence-electron chi connectivity index (χ3n) is 4.61. The van der Waals surface area contributed by atoms with Crippen LogP contribution in [0.15, 0.2) is 49.1 Å². The summed E-state index contributed by atoms with van der Waals surface area (Å²) in [4.78, 5) is 36.5. The van der Waals surface area contributed by atoms with Gasteiger partial charge in [0, 0.05) is 32.8 Å². The number of hydrogen-bond acceptors (Lipinski definition) is 13. The van der Waals surface area contributed by atoms with Crippen LogP contribution in [0.2, 0.25) is 0 Å². The largest absolute Gasteiger partial charge is 0.416 e. The molecular formula is C21H25N5O8. The van der Waals surface area contributed by atoms with Crippen LogP contribution >= 0.6 is 0 Å². The normalized spacial score (nSPS) is 13.9. The molecule has 0 aliphatic rings. The number of methoxy groups -OCH3 is 2. The van der Waals surface area contributed by atoms with E-state index >= 15 is 0 Å². The van der Waals surface area contributed by atoms with Crippen molar-refractivity contribution in [1.82, 2.24) is 15.0 Å². The van der Waals surface area contributed by atoms with E-state index in [4.69, 9.17) is 30.4 Å². The predicted octanol–water partition coefficient (Wildman–Crippen LogP) is 0.220. The zero-order valence-corrected chi connectivity index (χ0v) is 18.7. The lowest BCUT2D eigenvalue weighted by molar-refractivity contribution is -0.315. The maximum absolute atomic E-state index is 12.7. The van der Waals surface area contributed by atoms with Crippen LogP contribution in [0.5, 0.6) is 0 Å². The van der Waals surface area contributed by atoms with Crippen molar-refractivity contribution in [2.24, 2.45) is 0 Å². The number of esters is 2. The molecule has 1 aromatic carbocycles. The second-order valence-electron chi connectivity index (χ2n) is 6.86. The number of benzene rings is 1. The summed E-state index contributed by atoms with van der Waals surface area (Å²) in [6.07, 6.45) is -1.02. The Kier molecular flexibility index (Phi) is 8.02. The number of aliphatic hydroxyl groups excluding tert-OH is 1. The number of anilines is 2. The molecule has 13 nitrogen and oxygen atoms in total. The molecule has 1 heterocycles. The van der Waals surface area contributed by atoms with E-state index in [1.54, 1.807) is 12.1 Å². The summed E-state index contributed by atoms with van der Waals surface area (Å²) < 4.78 is 19.9. The molecule has 0 saturated heterocycles. The van der Waals surface area contributed by atoms with Crippen LogP contribution in [0.3, 0.4) is 0 Å². The summed E-state index contributed by atoms with van der Waals surface area (Å²) in [7, 11) is 2.10. The minimum atomic E-state index is -2.54. The molecule has 34 heavy (non-hydrogen) atoms. The van der Waals surface area contributed by atoms with Gasteiger partial charge in [0.1, 0.15) is 5.57 Å². The molecule has 2 rings (SSSR count). The van der Waals surface area contributed by atoms with Gasteiger partial charge < -0.3 is 40.6 Å². The van der Waals surface area contributed by atoms with E-state index in [0.717, 1.165) is 27.2 Å². The Bertz CT molecular complexity index is 1080. The minimum absolute atomic E-state index is 0.000856. The molecule has 13 heteroatoms. The van der Waals surface area contributed by atoms with Crippen LogP contribution < -0.4 is 11.5 Å². The van der Waals surface area contributed by atoms with Gasteiger partial charge in [0.05, 0.1) is 0 Å². The van der Waals surface area contributed by atoms with Gasteiger partial charge in [-0.2, -0.15) is 15.0 Å². The first-order chi connectivity index (χ1) is 15.9. The van der Waals surface area contributed by atoms with Gasteiger partial charge in [-0.15, -0.1) is 0 Å². The van der Waals surface area contributed by atoms with Gasteiger partial charge in [-0.25, -0.2) is 9.59 Å². The van der Waals surface area contributed by atoms with Crippen molar-refractivity contribution >= 4 is 23.8 Å². The number of rotatable bonds is 10. The number of aromatic nitrogens is 3. The summed E-state index contributed by atoms with van der Waals surface area (Å²) in [5.74, 6) is -7.59. The highest BCUT2D eigenvalue weighted by molar-refractivity contribution is 5.90. The highest BCUT2D eigenvalue weighted by Gasteiger charge is 2.46. The number of nitrogens with two attached hydrogens (primary N) is 2. The average Bonchev–Trinajstić information content (AvgIpc) is 2.81. The first kappa shape index (κ1) is 26.3. The Hall–Kier alpha value is -3.91. The summed E-state index contributed by atoms with van der Waals surface area (Å²) in [5.41, 5.74) is 10.9. The standard InChI is InChI=1S/C21H25N5O8/c1-6-14(27)33-20(3,34-17(29)11(2)21(30,31-4)32-5)15(28)12-9-7-8-10-13(12)16-24-18(22)26-19(23)25-16/h6-10,15,28,30H,1-2H2,3-5H3,(H4,22,23,24,25,26). The number of ether oxygens (including phenoxy) is 4.